The highest BCUT2D eigenvalue weighted by Crippen LogP contribution is 2.48. The lowest BCUT2D eigenvalue weighted by Crippen LogP contribution is -2.48. The molecule has 0 unspecified atom stereocenters. The lowest BCUT2D eigenvalue weighted by molar-refractivity contribution is -0.134. The van der Waals surface area contributed by atoms with Crippen LogP contribution in [0.3, 0.4) is 0 Å². The van der Waals surface area contributed by atoms with Gasteiger partial charge in [0.1, 0.15) is 0 Å². The van der Waals surface area contributed by atoms with Gasteiger partial charge in [0.15, 0.2) is 0 Å². The Hall–Kier alpha value is -2.20. The first-order chi connectivity index (χ1) is 13.6. The minimum atomic E-state index is 0.189. The predicted molar refractivity (Wildman–Crippen MR) is 116 cm³/mol. The van der Waals surface area contributed by atoms with Crippen LogP contribution in [-0.4, -0.2) is 47.6 Å². The van der Waals surface area contributed by atoms with Crippen LogP contribution in [-0.2, 0) is 4.79 Å². The van der Waals surface area contributed by atoms with Crippen LogP contribution in [0.15, 0.2) is 71.8 Å². The minimum absolute atomic E-state index is 0.189. The van der Waals surface area contributed by atoms with Crippen molar-refractivity contribution in [2.75, 3.05) is 31.9 Å². The van der Waals surface area contributed by atoms with E-state index in [1.807, 2.05) is 17.8 Å². The van der Waals surface area contributed by atoms with E-state index in [4.69, 9.17) is 0 Å². The van der Waals surface area contributed by atoms with Gasteiger partial charge in [-0.2, -0.15) is 0 Å². The van der Waals surface area contributed by atoms with Gasteiger partial charge in [0.25, 0.3) is 0 Å². The van der Waals surface area contributed by atoms with Crippen molar-refractivity contribution in [3.05, 3.63) is 78.0 Å². The molecular formula is C24H28N2OS. The van der Waals surface area contributed by atoms with Crippen LogP contribution < -0.4 is 0 Å². The number of amides is 1. The molecule has 3 nitrogen and oxygen atoms in total. The summed E-state index contributed by atoms with van der Waals surface area (Å²) >= 11 is 1.83. The summed E-state index contributed by atoms with van der Waals surface area (Å²) in [6.45, 7) is 9.79. The number of thioether (sulfide) groups is 1. The molecule has 0 spiro atoms. The van der Waals surface area contributed by atoms with Crippen molar-refractivity contribution in [1.29, 1.82) is 0 Å². The third kappa shape index (κ3) is 4.44. The molecule has 1 amide bonds. The summed E-state index contributed by atoms with van der Waals surface area (Å²) in [5.41, 5.74) is 3.75. The molecule has 1 aliphatic heterocycles. The summed E-state index contributed by atoms with van der Waals surface area (Å²) in [5, 5.41) is 0. The Balaban J connectivity index is 1.22. The van der Waals surface area contributed by atoms with E-state index in [1.54, 1.807) is 0 Å². The minimum Gasteiger partial charge on any atom is -0.371 e. The molecule has 0 N–H and O–H groups in total. The van der Waals surface area contributed by atoms with Crippen molar-refractivity contribution in [1.82, 2.24) is 9.80 Å². The Morgan fingerprint density at radius 2 is 1.64 bits per heavy atom. The zero-order valence-corrected chi connectivity index (χ0v) is 17.3. The zero-order chi connectivity index (χ0) is 19.5. The van der Waals surface area contributed by atoms with Crippen molar-refractivity contribution in [3.8, 4) is 0 Å². The SMILES string of the molecule is C=C(CSc1ccc(C)cc1)N1CCN(C(=O)[C@@H]2C[C@H]2c2ccccc2)CC1. The normalized spacial score (nSPS) is 21.5. The highest BCUT2D eigenvalue weighted by Gasteiger charge is 2.45. The number of hydrogen-bond donors (Lipinski definition) is 0. The number of rotatable bonds is 6. The molecule has 146 valence electrons. The smallest absolute Gasteiger partial charge is 0.226 e. The lowest BCUT2D eigenvalue weighted by Gasteiger charge is -2.37. The highest BCUT2D eigenvalue weighted by molar-refractivity contribution is 7.99. The van der Waals surface area contributed by atoms with Gasteiger partial charge in [-0.15, -0.1) is 11.8 Å². The number of carbonyl (C=O) groups excluding carboxylic acids is 1. The fourth-order valence-electron chi connectivity index (χ4n) is 3.91. The maximum atomic E-state index is 12.8. The van der Waals surface area contributed by atoms with Crippen LogP contribution >= 0.6 is 11.8 Å². The molecule has 4 heteroatoms. The van der Waals surface area contributed by atoms with Crippen LogP contribution in [0.2, 0.25) is 0 Å². The highest BCUT2D eigenvalue weighted by atomic mass is 32.2. The van der Waals surface area contributed by atoms with Crippen molar-refractivity contribution in [2.24, 2.45) is 5.92 Å². The van der Waals surface area contributed by atoms with Crippen molar-refractivity contribution in [3.63, 3.8) is 0 Å². The molecule has 2 aromatic carbocycles. The zero-order valence-electron chi connectivity index (χ0n) is 16.5. The second kappa shape index (κ2) is 8.44. The molecule has 2 fully saturated rings. The predicted octanol–water partition coefficient (Wildman–Crippen LogP) is 4.55. The maximum absolute atomic E-state index is 12.8. The summed E-state index contributed by atoms with van der Waals surface area (Å²) in [6, 6.07) is 19.1. The fraction of sp³-hybridized carbons (Fsp3) is 0.375. The summed E-state index contributed by atoms with van der Waals surface area (Å²) in [4.78, 5) is 18.5. The molecule has 1 aliphatic carbocycles. The van der Waals surface area contributed by atoms with E-state index in [0.29, 0.717) is 11.8 Å². The van der Waals surface area contributed by atoms with Gasteiger partial charge in [-0.3, -0.25) is 4.79 Å². The molecule has 0 aromatic heterocycles. The second-order valence-electron chi connectivity index (χ2n) is 7.84. The van der Waals surface area contributed by atoms with Gasteiger partial charge in [-0.1, -0.05) is 54.6 Å². The Morgan fingerprint density at radius 3 is 2.32 bits per heavy atom. The standard InChI is InChI=1S/C24H28N2OS/c1-18-8-10-21(11-9-18)28-17-19(2)25-12-14-26(15-13-25)24(27)23-16-22(23)20-6-4-3-5-7-20/h3-11,22-23H,2,12-17H2,1H3/t22-,23+/m0/s1. The maximum Gasteiger partial charge on any atom is 0.226 e. The molecule has 0 radical (unpaired) electrons. The lowest BCUT2D eigenvalue weighted by atomic mass is 10.1. The van der Waals surface area contributed by atoms with Gasteiger partial charge >= 0.3 is 0 Å². The van der Waals surface area contributed by atoms with Crippen LogP contribution in [0.4, 0.5) is 0 Å². The first kappa shape index (κ1) is 19.1. The molecule has 28 heavy (non-hydrogen) atoms. The average molecular weight is 393 g/mol. The number of hydrogen-bond acceptors (Lipinski definition) is 3. The van der Waals surface area contributed by atoms with Crippen molar-refractivity contribution >= 4 is 17.7 Å². The number of carbonyl (C=O) groups is 1. The molecule has 2 aromatic rings. The van der Waals surface area contributed by atoms with Gasteiger partial charge in [-0.25, -0.2) is 0 Å². The molecule has 1 saturated carbocycles. The molecule has 2 atom stereocenters. The van der Waals surface area contributed by atoms with Gasteiger partial charge in [0, 0.05) is 48.4 Å². The second-order valence-corrected chi connectivity index (χ2v) is 8.89. The molecule has 0 bridgehead atoms. The van der Waals surface area contributed by atoms with Gasteiger partial charge in [0.05, 0.1) is 0 Å². The molecule has 2 aliphatic rings. The van der Waals surface area contributed by atoms with E-state index < -0.39 is 0 Å². The number of benzene rings is 2. The van der Waals surface area contributed by atoms with Gasteiger partial charge < -0.3 is 9.80 Å². The first-order valence-electron chi connectivity index (χ1n) is 10.1. The fourth-order valence-corrected chi connectivity index (χ4v) is 4.75. The summed E-state index contributed by atoms with van der Waals surface area (Å²) < 4.78 is 0. The molecular weight excluding hydrogens is 364 g/mol. The third-order valence-corrected chi connectivity index (χ3v) is 6.88. The van der Waals surface area contributed by atoms with E-state index in [0.717, 1.165) is 44.0 Å². The summed E-state index contributed by atoms with van der Waals surface area (Å²) in [7, 11) is 0. The Labute approximate surface area is 172 Å². The molecule has 1 heterocycles. The van der Waals surface area contributed by atoms with E-state index in [-0.39, 0.29) is 5.92 Å². The van der Waals surface area contributed by atoms with Crippen LogP contribution in [0.5, 0.6) is 0 Å². The summed E-state index contributed by atoms with van der Waals surface area (Å²) in [6.07, 6.45) is 1.00. The topological polar surface area (TPSA) is 23.6 Å². The quantitative estimate of drug-likeness (QED) is 0.674. The third-order valence-electron chi connectivity index (χ3n) is 5.80. The molecule has 4 rings (SSSR count). The number of piperazine rings is 1. The Kier molecular flexibility index (Phi) is 5.77. The van der Waals surface area contributed by atoms with E-state index in [9.17, 15) is 4.79 Å². The largest absolute Gasteiger partial charge is 0.371 e. The van der Waals surface area contributed by atoms with Crippen LogP contribution in [0.25, 0.3) is 0 Å². The molecule has 1 saturated heterocycles. The van der Waals surface area contributed by atoms with Crippen molar-refractivity contribution < 1.29 is 4.79 Å². The Bertz CT molecular complexity index is 825. The number of nitrogens with zero attached hydrogens (tertiary/aromatic N) is 2. The Morgan fingerprint density at radius 1 is 1.00 bits per heavy atom. The monoisotopic (exact) mass is 392 g/mol. The van der Waals surface area contributed by atoms with Gasteiger partial charge in [-0.05, 0) is 37.0 Å². The number of aryl methyl sites for hydroxylation is 1. The van der Waals surface area contributed by atoms with E-state index >= 15 is 0 Å². The van der Waals surface area contributed by atoms with E-state index in [2.05, 4.69) is 71.8 Å². The first-order valence-corrected chi connectivity index (χ1v) is 11.1. The average Bonchev–Trinajstić information content (AvgIpc) is 3.54. The van der Waals surface area contributed by atoms with E-state index in [1.165, 1.54) is 16.0 Å². The summed E-state index contributed by atoms with van der Waals surface area (Å²) in [5.74, 6) is 1.85. The van der Waals surface area contributed by atoms with Crippen LogP contribution in [0.1, 0.15) is 23.5 Å². The van der Waals surface area contributed by atoms with Crippen LogP contribution in [0, 0.1) is 12.8 Å². The van der Waals surface area contributed by atoms with Crippen molar-refractivity contribution in [2.45, 2.75) is 24.2 Å². The van der Waals surface area contributed by atoms with Gasteiger partial charge in [0.2, 0.25) is 5.91 Å².